The molecule has 12 rings (SSSR count). The number of aromatic nitrogens is 12. The molecule has 0 aromatic carbocycles. The van der Waals surface area contributed by atoms with Crippen molar-refractivity contribution in [2.45, 2.75) is 196 Å². The van der Waals surface area contributed by atoms with E-state index in [1.54, 1.807) is 6.92 Å². The first-order valence-electron chi connectivity index (χ1n) is 43.0. The van der Waals surface area contributed by atoms with E-state index in [0.29, 0.717) is 0 Å². The first-order valence-corrected chi connectivity index (χ1v) is 53.6. The molecule has 0 bridgehead atoms. The summed E-state index contributed by atoms with van der Waals surface area (Å²) in [4.78, 5) is 208. The molecule has 0 spiro atoms. The van der Waals surface area contributed by atoms with Crippen molar-refractivity contribution in [2.24, 2.45) is 0 Å². The van der Waals surface area contributed by atoms with Crippen LogP contribution >= 0.6 is 35.9 Å². The Kier molecular flexibility index (Phi) is 39.5. The third kappa shape index (κ3) is 28.4. The third-order valence-corrected chi connectivity index (χ3v) is 29.2. The quantitative estimate of drug-likeness (QED) is 0.0107. The number of nitrogens with zero attached hydrogens (tertiary/aromatic N) is 8. The van der Waals surface area contributed by atoms with Crippen LogP contribution in [-0.4, -0.2) is 301 Å². The second-order valence-corrected chi connectivity index (χ2v) is 43.2. The number of aromatic amines is 4. The molecule has 0 radical (unpaired) electrons. The molecule has 11 unspecified atom stereocenters. The molecule has 28 atom stereocenters. The third-order valence-electron chi connectivity index (χ3n) is 22.6. The summed E-state index contributed by atoms with van der Waals surface area (Å²) in [5.74, 6) is -0.389. The van der Waals surface area contributed by atoms with Gasteiger partial charge in [-0.3, -0.25) is 80.2 Å². The standard InChI is InChI=1S/C75H111N14O44P5S3/c1-12-41-42(25-49(123-41)85-27-37(3)61(91)80-72(85)97)129-136(105,139)121-34-46-52(57(115-22-17-110-9)66(127-46)86-26-36(2)60(77)79-71(86)96)131-134(101,102)118-32-44-51(56(114-21-16-109-8)67(125-44)87-28-38(4)62(92)81-73(87)98)130-135(103,104)119-33-45-53(58(116-23-18-111-10)68(126-45)88-29-39(5)63(93)82-74(88)99)132-138(107,141)122-35-47-54(59(117-24-19-112-11)69(128-47)89-30-40(6)64(94)83-75(89)100)133-137(106,140)120-31-43-50(90)55(113-20-15-108-7)65(124-43)84-14-13-48(76)78-70(84)95/h13-14,26-30,41-47,49-59,65-69,90H,12,15-25,31-35H2,1-11H3,(H,101,102)(H,103,104)(H,105,139)(H,106,140)(H,107,141)(H2,76,78,95)(H2,77,79,96)(H,80,91,97)(H,81,92,98)(H,82,93,99)(H,83,94,100)/p-5/t41-,42?,43-,44-,45-,46-,47-,49-,50?,51?,52?,53?,54?,55+,56+,57+,58+,59+,65-,66-,67-,68-,69-,136?,137?,138?/m1/s1. The second-order valence-electron chi connectivity index (χ2n) is 32.3. The summed E-state index contributed by atoms with van der Waals surface area (Å²) in [6.07, 6.45) is -33.6. The van der Waals surface area contributed by atoms with Gasteiger partial charge in [-0.15, -0.1) is 0 Å². The molecule has 0 saturated carbocycles. The largest absolute Gasteiger partial charge is 0.780 e. The summed E-state index contributed by atoms with van der Waals surface area (Å²) >= 11 is 16.5. The van der Waals surface area contributed by atoms with Crippen molar-refractivity contribution in [1.29, 1.82) is 0 Å². The minimum absolute atomic E-state index is 0.00406. The number of nitrogen functional groups attached to an aromatic ring is 2. The molecule has 6 aliphatic heterocycles. The average molecular weight is 2160 g/mol. The van der Waals surface area contributed by atoms with Crippen LogP contribution < -0.4 is 87.4 Å². The molecular formula is C75H106N14O44P5S3-5. The summed E-state index contributed by atoms with van der Waals surface area (Å²) in [7, 11) is -6.00. The number of aryl methyl sites for hydroxylation is 5. The summed E-state index contributed by atoms with van der Waals surface area (Å²) in [5.41, 5.74) is 2.03. The normalized spacial score (nSPS) is 29.6. The molecule has 6 aromatic rings. The van der Waals surface area contributed by atoms with E-state index >= 15 is 14.0 Å². The van der Waals surface area contributed by atoms with Gasteiger partial charge in [-0.1, -0.05) is 30.5 Å². The fourth-order valence-electron chi connectivity index (χ4n) is 15.7. The lowest BCUT2D eigenvalue weighted by molar-refractivity contribution is -0.241. The molecular weight excluding hydrogens is 2050 g/mol. The Morgan fingerprint density at radius 2 is 0.738 bits per heavy atom. The number of phosphoric ester groups is 2. The molecule has 66 heteroatoms. The highest BCUT2D eigenvalue weighted by atomic mass is 32.7. The van der Waals surface area contributed by atoms with E-state index in [1.807, 2.05) is 0 Å². The van der Waals surface area contributed by atoms with Gasteiger partial charge in [0.15, 0.2) is 37.9 Å². The van der Waals surface area contributed by atoms with Crippen molar-refractivity contribution in [3.63, 3.8) is 0 Å². The lowest BCUT2D eigenvalue weighted by Crippen LogP contribution is -2.43. The summed E-state index contributed by atoms with van der Waals surface area (Å²) in [5, 5.41) is 11.7. The monoisotopic (exact) mass is 2160 g/mol. The SMILES string of the molecule is CC[C@H]1O[C@@H](n2cc(C)c(=O)[nH]c2=O)CC1OP([O-])(=S)OC[C@H]1O[C@@H](n2cc(C)c(N)nc2=O)[C@@H](OCCOC)C1OP(=O)([O-])OC[C@H]1O[C@@H](n2cc(C)c(=O)[nH]c2=O)[C@@H](OCCOC)C1OP(=O)([O-])OC[C@H]1O[C@@H](n2cc(C)c(=O)[nH]c2=O)[C@@H](OCCOC)C1OP(=O)([S-])OC[C@H]1O[C@@H](n2cc(C)c(=O)[nH]c2=O)[C@@H](OCCOC)C1OP([O-])(=S)OC[C@H]1O[C@@H](n2ccc(N)nc2=O)[C@@H](OCCOC)C1O. The average Bonchev–Trinajstić information content (AvgIpc) is 1.63. The molecule has 0 aliphatic carbocycles. The van der Waals surface area contributed by atoms with Crippen molar-refractivity contribution in [2.75, 3.05) is 146 Å². The highest BCUT2D eigenvalue weighted by molar-refractivity contribution is 8.32. The van der Waals surface area contributed by atoms with E-state index in [1.165, 1.54) is 94.8 Å². The van der Waals surface area contributed by atoms with E-state index in [-0.39, 0.29) is 98.5 Å². The van der Waals surface area contributed by atoms with Crippen LogP contribution in [0.5, 0.6) is 0 Å². The maximum atomic E-state index is 15.4. The van der Waals surface area contributed by atoms with Crippen LogP contribution in [-0.2, 0) is 171 Å². The number of methoxy groups -OCH3 is 5. The Bertz CT molecular complexity index is 6230. The fraction of sp³-hybridized carbons (Fsp3) is 0.680. The van der Waals surface area contributed by atoms with E-state index < -0.39 is 286 Å². The first-order chi connectivity index (χ1) is 66.7. The van der Waals surface area contributed by atoms with Crippen molar-refractivity contribution < 1.29 is 159 Å². The lowest BCUT2D eigenvalue weighted by atomic mass is 10.1. The smallest absolute Gasteiger partial charge is 0.351 e. The van der Waals surface area contributed by atoms with Crippen molar-refractivity contribution in [3.8, 4) is 0 Å². The Morgan fingerprint density at radius 1 is 0.411 bits per heavy atom. The van der Waals surface area contributed by atoms with Gasteiger partial charge >= 0.3 is 34.1 Å². The molecule has 6 aromatic heterocycles. The van der Waals surface area contributed by atoms with Gasteiger partial charge in [0.05, 0.1) is 111 Å². The first kappa shape index (κ1) is 113. The van der Waals surface area contributed by atoms with Gasteiger partial charge in [-0.05, 0) is 47.1 Å². The van der Waals surface area contributed by atoms with Gasteiger partial charge in [0.2, 0.25) is 0 Å². The van der Waals surface area contributed by atoms with Crippen LogP contribution in [0.1, 0.15) is 85.0 Å². The van der Waals surface area contributed by atoms with Gasteiger partial charge in [0.1, 0.15) is 123 Å². The number of aliphatic hydroxyl groups is 1. The molecule has 788 valence electrons. The molecule has 141 heavy (non-hydrogen) atoms. The Morgan fingerprint density at radius 3 is 1.14 bits per heavy atom. The second kappa shape index (κ2) is 49.3. The zero-order chi connectivity index (χ0) is 103. The van der Waals surface area contributed by atoms with Crippen molar-refractivity contribution in [3.05, 3.63) is 175 Å². The van der Waals surface area contributed by atoms with E-state index in [0.717, 1.165) is 46.0 Å². The number of phosphoric acid groups is 2. The van der Waals surface area contributed by atoms with Gasteiger partial charge in [-0.2, -0.15) is 9.97 Å². The Balaban J connectivity index is 0.843. The number of hydrogen-bond acceptors (Lipinski definition) is 51. The summed E-state index contributed by atoms with van der Waals surface area (Å²) < 4.78 is 203. The maximum absolute atomic E-state index is 15.4. The summed E-state index contributed by atoms with van der Waals surface area (Å²) in [6.45, 7) is -15.6. The predicted molar refractivity (Wildman–Crippen MR) is 480 cm³/mol. The number of rotatable bonds is 52. The maximum Gasteiger partial charge on any atom is 0.351 e. The van der Waals surface area contributed by atoms with Gasteiger partial charge in [-0.25, -0.2) is 28.8 Å². The molecule has 0 amide bonds. The number of ether oxygens (including phenoxy) is 16. The minimum Gasteiger partial charge on any atom is -0.780 e. The number of anilines is 2. The zero-order valence-corrected chi connectivity index (χ0v) is 84.0. The topological polar surface area (TPSA) is 745 Å². The number of H-pyrrole nitrogens is 4. The number of hydrogen-bond donors (Lipinski definition) is 7. The molecule has 6 fully saturated rings. The van der Waals surface area contributed by atoms with E-state index in [2.05, 4.69) is 29.9 Å². The molecule has 58 nitrogen and oxygen atoms in total. The number of nitrogens with two attached hydrogens (primary N) is 2. The molecule has 12 heterocycles. The van der Waals surface area contributed by atoms with Crippen LogP contribution in [0.2, 0.25) is 0 Å². The minimum atomic E-state index is -6.28. The van der Waals surface area contributed by atoms with Gasteiger partial charge < -0.3 is 169 Å². The Labute approximate surface area is 813 Å². The van der Waals surface area contributed by atoms with Crippen molar-refractivity contribution >= 4 is 83.4 Å². The van der Waals surface area contributed by atoms with Crippen LogP contribution in [0, 0.1) is 34.6 Å². The number of aliphatic hydroxyl groups excluding tert-OH is 1. The molecule has 6 aliphatic rings. The van der Waals surface area contributed by atoms with Gasteiger partial charge in [0, 0.05) is 107 Å². The zero-order valence-electron chi connectivity index (χ0n) is 77.0. The molecule has 6 saturated heterocycles. The van der Waals surface area contributed by atoms with Crippen LogP contribution in [0.4, 0.5) is 11.6 Å². The van der Waals surface area contributed by atoms with Crippen LogP contribution in [0.15, 0.2) is 91.2 Å². The summed E-state index contributed by atoms with van der Waals surface area (Å²) in [6, 6.07) is 1.26. The highest BCUT2D eigenvalue weighted by Gasteiger charge is 2.57. The molecule has 9 N–H and O–H groups in total. The highest BCUT2D eigenvalue weighted by Crippen LogP contribution is 2.56. The van der Waals surface area contributed by atoms with Crippen molar-refractivity contribution in [1.82, 2.24) is 57.3 Å². The van der Waals surface area contributed by atoms with Crippen LogP contribution in [0.3, 0.4) is 0 Å². The lowest BCUT2D eigenvalue weighted by Gasteiger charge is -2.36. The fourth-order valence-corrected chi connectivity index (χ4v) is 21.9. The predicted octanol–water partition coefficient (Wildman–Crippen LogP) is -5.12. The van der Waals surface area contributed by atoms with Crippen LogP contribution in [0.25, 0.3) is 0 Å². The van der Waals surface area contributed by atoms with E-state index in [9.17, 15) is 72.3 Å². The van der Waals surface area contributed by atoms with E-state index in [4.69, 9.17) is 168 Å². The van der Waals surface area contributed by atoms with Gasteiger partial charge in [0.25, 0.3) is 37.9 Å². The Hall–Kier alpha value is -6.82. The number of nitrogens with one attached hydrogen (secondary N) is 4.